The number of hydrogen-bond donors (Lipinski definition) is 2. The number of Topliss-reactive ketones (excluding diaryl/α,β-unsaturated/α-hetero) is 1. The third-order valence-electron chi connectivity index (χ3n) is 3.52. The standard InChI is InChI=1S/C17H25N3O4S/c1-3-4-5-6-7-8-9-13(21)15-14(22)10-12(24-16(15)23-2)11-19-20-17(18)25/h10-11H,3-9H2,1-2H3,(H3,18,20,25)/b19-11-. The van der Waals surface area contributed by atoms with Crippen molar-refractivity contribution in [2.75, 3.05) is 7.11 Å². The molecule has 8 heteroatoms. The van der Waals surface area contributed by atoms with Gasteiger partial charge in [0.15, 0.2) is 22.1 Å². The second-order valence-corrected chi connectivity index (χ2v) is 5.99. The fourth-order valence-corrected chi connectivity index (χ4v) is 2.35. The molecule has 7 nitrogen and oxygen atoms in total. The molecule has 0 aliphatic carbocycles. The van der Waals surface area contributed by atoms with Crippen molar-refractivity contribution >= 4 is 29.3 Å². The maximum absolute atomic E-state index is 12.3. The van der Waals surface area contributed by atoms with E-state index in [0.29, 0.717) is 6.42 Å². The molecule has 0 aromatic carbocycles. The van der Waals surface area contributed by atoms with Gasteiger partial charge < -0.3 is 14.9 Å². The lowest BCUT2D eigenvalue weighted by molar-refractivity contribution is 0.0969. The highest BCUT2D eigenvalue weighted by Gasteiger charge is 2.19. The number of rotatable bonds is 11. The number of thiocarbonyl (C=S) groups is 1. The van der Waals surface area contributed by atoms with Crippen LogP contribution in [-0.2, 0) is 0 Å². The van der Waals surface area contributed by atoms with E-state index in [2.05, 4.69) is 29.7 Å². The molecule has 0 radical (unpaired) electrons. The van der Waals surface area contributed by atoms with E-state index in [1.165, 1.54) is 38.7 Å². The average molecular weight is 367 g/mol. The molecule has 0 saturated heterocycles. The lowest BCUT2D eigenvalue weighted by Gasteiger charge is -2.06. The number of carbonyl (C=O) groups excluding carboxylic acids is 1. The van der Waals surface area contributed by atoms with Gasteiger partial charge in [-0.15, -0.1) is 0 Å². The Balaban J connectivity index is 2.75. The van der Waals surface area contributed by atoms with Gasteiger partial charge in [0.05, 0.1) is 13.3 Å². The van der Waals surface area contributed by atoms with Crippen LogP contribution in [0.4, 0.5) is 0 Å². The molecule has 25 heavy (non-hydrogen) atoms. The highest BCUT2D eigenvalue weighted by molar-refractivity contribution is 7.80. The molecule has 0 amide bonds. The Kier molecular flexibility index (Phi) is 9.46. The Morgan fingerprint density at radius 1 is 1.36 bits per heavy atom. The van der Waals surface area contributed by atoms with Crippen molar-refractivity contribution in [2.24, 2.45) is 10.8 Å². The quantitative estimate of drug-likeness (QED) is 0.204. The van der Waals surface area contributed by atoms with Gasteiger partial charge in [0.25, 0.3) is 5.95 Å². The Bertz CT molecular complexity index is 670. The fourth-order valence-electron chi connectivity index (χ4n) is 2.30. The number of methoxy groups -OCH3 is 1. The van der Waals surface area contributed by atoms with E-state index in [9.17, 15) is 9.59 Å². The molecule has 0 fully saturated rings. The molecule has 1 rings (SSSR count). The predicted molar refractivity (Wildman–Crippen MR) is 101 cm³/mol. The SMILES string of the molecule is CCCCCCCCC(=O)c1c(OC)oc(/C=N\NC(N)=S)cc1=O. The van der Waals surface area contributed by atoms with Crippen molar-refractivity contribution in [2.45, 2.75) is 51.9 Å². The highest BCUT2D eigenvalue weighted by Crippen LogP contribution is 2.19. The van der Waals surface area contributed by atoms with Crippen LogP contribution in [0.1, 0.15) is 68.0 Å². The molecule has 0 atom stereocenters. The van der Waals surface area contributed by atoms with E-state index in [4.69, 9.17) is 14.9 Å². The number of nitrogens with zero attached hydrogens (tertiary/aromatic N) is 1. The number of unbranched alkanes of at least 4 members (excludes halogenated alkanes) is 5. The zero-order valence-corrected chi connectivity index (χ0v) is 15.5. The van der Waals surface area contributed by atoms with Gasteiger partial charge in [-0.3, -0.25) is 15.0 Å². The number of hydrazone groups is 1. The normalized spacial score (nSPS) is 10.8. The van der Waals surface area contributed by atoms with Gasteiger partial charge in [-0.05, 0) is 18.6 Å². The summed E-state index contributed by atoms with van der Waals surface area (Å²) in [4.78, 5) is 24.6. The zero-order chi connectivity index (χ0) is 18.7. The van der Waals surface area contributed by atoms with Gasteiger partial charge in [-0.1, -0.05) is 39.0 Å². The number of nitrogens with one attached hydrogen (secondary N) is 1. The Morgan fingerprint density at radius 3 is 2.68 bits per heavy atom. The van der Waals surface area contributed by atoms with Gasteiger partial charge in [-0.2, -0.15) is 5.10 Å². The second kappa shape index (κ2) is 11.4. The first kappa shape index (κ1) is 20.8. The lowest BCUT2D eigenvalue weighted by Crippen LogP contribution is -2.24. The predicted octanol–water partition coefficient (Wildman–Crippen LogP) is 2.75. The summed E-state index contributed by atoms with van der Waals surface area (Å²) in [5, 5.41) is 3.69. The molecule has 1 aromatic rings. The minimum absolute atomic E-state index is 0.0173. The van der Waals surface area contributed by atoms with Crippen LogP contribution in [-0.4, -0.2) is 24.2 Å². The topological polar surface area (TPSA) is 107 Å². The van der Waals surface area contributed by atoms with E-state index >= 15 is 0 Å². The van der Waals surface area contributed by atoms with Crippen LogP contribution in [0, 0.1) is 0 Å². The third kappa shape index (κ3) is 7.47. The smallest absolute Gasteiger partial charge is 0.299 e. The average Bonchev–Trinajstić information content (AvgIpc) is 2.56. The first-order valence-corrected chi connectivity index (χ1v) is 8.74. The third-order valence-corrected chi connectivity index (χ3v) is 3.61. The van der Waals surface area contributed by atoms with Crippen LogP contribution >= 0.6 is 12.2 Å². The van der Waals surface area contributed by atoms with Gasteiger partial charge in [-0.25, -0.2) is 0 Å². The molecule has 0 unspecified atom stereocenters. The Hall–Kier alpha value is -2.22. The summed E-state index contributed by atoms with van der Waals surface area (Å²) in [6.45, 7) is 2.16. The summed E-state index contributed by atoms with van der Waals surface area (Å²) in [5.41, 5.74) is 7.06. The Labute approximate surface area is 152 Å². The Morgan fingerprint density at radius 2 is 2.04 bits per heavy atom. The van der Waals surface area contributed by atoms with E-state index in [-0.39, 0.29) is 28.2 Å². The molecule has 0 spiro atoms. The number of hydrogen-bond acceptors (Lipinski definition) is 6. The first-order chi connectivity index (χ1) is 12.0. The van der Waals surface area contributed by atoms with Crippen molar-refractivity contribution < 1.29 is 13.9 Å². The maximum atomic E-state index is 12.3. The van der Waals surface area contributed by atoms with Crippen molar-refractivity contribution in [3.05, 3.63) is 27.6 Å². The molecule has 3 N–H and O–H groups in total. The maximum Gasteiger partial charge on any atom is 0.299 e. The van der Waals surface area contributed by atoms with E-state index in [1.807, 2.05) is 0 Å². The molecule has 0 bridgehead atoms. The molecule has 138 valence electrons. The highest BCUT2D eigenvalue weighted by atomic mass is 32.1. The van der Waals surface area contributed by atoms with Gasteiger partial charge in [0.1, 0.15) is 5.56 Å². The number of ether oxygens (including phenoxy) is 1. The molecule has 1 aromatic heterocycles. The van der Waals surface area contributed by atoms with Crippen molar-refractivity contribution in [1.29, 1.82) is 0 Å². The van der Waals surface area contributed by atoms with E-state index in [1.54, 1.807) is 0 Å². The minimum atomic E-state index is -0.462. The number of nitrogens with two attached hydrogens (primary N) is 1. The first-order valence-electron chi connectivity index (χ1n) is 8.33. The molecular weight excluding hydrogens is 342 g/mol. The molecule has 0 aliphatic rings. The van der Waals surface area contributed by atoms with Gasteiger partial charge in [0.2, 0.25) is 0 Å². The van der Waals surface area contributed by atoms with Crippen molar-refractivity contribution in [1.82, 2.24) is 5.43 Å². The van der Waals surface area contributed by atoms with Crippen LogP contribution < -0.4 is 21.3 Å². The van der Waals surface area contributed by atoms with Crippen LogP contribution in [0.15, 0.2) is 20.4 Å². The summed E-state index contributed by atoms with van der Waals surface area (Å²) < 4.78 is 10.4. The number of ketones is 1. The monoisotopic (exact) mass is 367 g/mol. The van der Waals surface area contributed by atoms with E-state index < -0.39 is 5.43 Å². The zero-order valence-electron chi connectivity index (χ0n) is 14.7. The summed E-state index contributed by atoms with van der Waals surface area (Å²) >= 11 is 4.61. The van der Waals surface area contributed by atoms with E-state index in [0.717, 1.165) is 19.3 Å². The summed E-state index contributed by atoms with van der Waals surface area (Å²) in [7, 11) is 1.34. The summed E-state index contributed by atoms with van der Waals surface area (Å²) in [5.74, 6) is -0.257. The summed E-state index contributed by atoms with van der Waals surface area (Å²) in [6, 6.07) is 1.18. The number of carbonyl (C=O) groups is 1. The lowest BCUT2D eigenvalue weighted by atomic mass is 10.0. The fraction of sp³-hybridized carbons (Fsp3) is 0.529. The molecule has 1 heterocycles. The van der Waals surface area contributed by atoms with Crippen molar-refractivity contribution in [3.63, 3.8) is 0 Å². The van der Waals surface area contributed by atoms with Crippen LogP contribution in [0.5, 0.6) is 5.95 Å². The van der Waals surface area contributed by atoms with Crippen LogP contribution in [0.25, 0.3) is 0 Å². The molecule has 0 saturated carbocycles. The van der Waals surface area contributed by atoms with Crippen LogP contribution in [0.3, 0.4) is 0 Å². The second-order valence-electron chi connectivity index (χ2n) is 5.55. The van der Waals surface area contributed by atoms with Gasteiger partial charge >= 0.3 is 0 Å². The van der Waals surface area contributed by atoms with Crippen LogP contribution in [0.2, 0.25) is 0 Å². The summed E-state index contributed by atoms with van der Waals surface area (Å²) in [6.07, 6.45) is 7.88. The largest absolute Gasteiger partial charge is 0.468 e. The van der Waals surface area contributed by atoms with Gasteiger partial charge in [0, 0.05) is 12.5 Å². The minimum Gasteiger partial charge on any atom is -0.468 e. The molecule has 0 aliphatic heterocycles. The van der Waals surface area contributed by atoms with Crippen molar-refractivity contribution in [3.8, 4) is 5.95 Å². The molecular formula is C17H25N3O4S.